The van der Waals surface area contributed by atoms with Crippen molar-refractivity contribution in [1.82, 2.24) is 9.55 Å². The molecular weight excluding hydrogens is 400 g/mol. The first-order valence-electron chi connectivity index (χ1n) is 12.7. The predicted octanol–water partition coefficient (Wildman–Crippen LogP) is 8.50. The molecule has 3 unspecified atom stereocenters. The first-order valence-corrected chi connectivity index (χ1v) is 12.7. The Balaban J connectivity index is 1.70. The van der Waals surface area contributed by atoms with E-state index in [1.165, 1.54) is 58.3 Å². The van der Waals surface area contributed by atoms with Crippen molar-refractivity contribution < 1.29 is 0 Å². The van der Waals surface area contributed by atoms with E-state index in [0.29, 0.717) is 5.92 Å². The fraction of sp³-hybridized carbons (Fsp3) is 0.387. The Bertz CT molecular complexity index is 1370. The predicted molar refractivity (Wildman–Crippen MR) is 139 cm³/mol. The summed E-state index contributed by atoms with van der Waals surface area (Å²) >= 11 is 0. The molecule has 168 valence electrons. The molecular formula is C31H34N2. The molecule has 2 bridgehead atoms. The molecule has 4 aromatic rings. The summed E-state index contributed by atoms with van der Waals surface area (Å²) < 4.78 is 2.48. The second kappa shape index (κ2) is 7.58. The standard InChI is InChI=1S/C31H34N2/c1-6-19(3)24-9-7-8-10-25(24)31-32-28-16-26-22-11-12-23(15-22)27(26)17-29(28)33(31)30-20(4)13-18(2)14-21(30)5/h7-10,13-14,16-17,19,22-23H,6,11-12,15H2,1-5H3. The number of hydrogen-bond acceptors (Lipinski definition) is 1. The van der Waals surface area contributed by atoms with Crippen molar-refractivity contribution in [2.75, 3.05) is 0 Å². The van der Waals surface area contributed by atoms with Crippen LogP contribution < -0.4 is 0 Å². The third-order valence-electron chi connectivity index (χ3n) is 8.38. The van der Waals surface area contributed by atoms with Gasteiger partial charge in [-0.3, -0.25) is 4.57 Å². The maximum atomic E-state index is 5.37. The zero-order chi connectivity index (χ0) is 22.9. The Morgan fingerprint density at radius 3 is 2.30 bits per heavy atom. The highest BCUT2D eigenvalue weighted by molar-refractivity contribution is 5.87. The van der Waals surface area contributed by atoms with Crippen molar-refractivity contribution in [3.8, 4) is 17.1 Å². The van der Waals surface area contributed by atoms with Crippen LogP contribution in [0.5, 0.6) is 0 Å². The Kier molecular flexibility index (Phi) is 4.76. The summed E-state index contributed by atoms with van der Waals surface area (Å²) in [5.41, 5.74) is 13.5. The molecule has 3 aromatic carbocycles. The molecule has 0 amide bonds. The average Bonchev–Trinajstić information content (AvgIpc) is 3.50. The van der Waals surface area contributed by atoms with Gasteiger partial charge < -0.3 is 0 Å². The quantitative estimate of drug-likeness (QED) is 0.315. The fourth-order valence-electron chi connectivity index (χ4n) is 6.69. The number of rotatable bonds is 4. The Morgan fingerprint density at radius 1 is 0.939 bits per heavy atom. The minimum Gasteiger partial charge on any atom is -0.292 e. The van der Waals surface area contributed by atoms with Gasteiger partial charge in [-0.05, 0) is 104 Å². The van der Waals surface area contributed by atoms with Gasteiger partial charge in [0.25, 0.3) is 0 Å². The van der Waals surface area contributed by atoms with Crippen LogP contribution >= 0.6 is 0 Å². The molecule has 1 saturated carbocycles. The lowest BCUT2D eigenvalue weighted by atomic mass is 9.91. The molecule has 0 N–H and O–H groups in total. The largest absolute Gasteiger partial charge is 0.292 e. The molecule has 0 spiro atoms. The second-order valence-electron chi connectivity index (χ2n) is 10.6. The normalized spacial score (nSPS) is 19.9. The summed E-state index contributed by atoms with van der Waals surface area (Å²) in [7, 11) is 0. The SMILES string of the molecule is CCC(C)c1ccccc1-c1nc2cc3c(cc2n1-c1c(C)cc(C)cc1C)C1CCC3C1. The fourth-order valence-corrected chi connectivity index (χ4v) is 6.69. The van der Waals surface area contributed by atoms with E-state index in [1.54, 1.807) is 11.1 Å². The van der Waals surface area contributed by atoms with E-state index in [4.69, 9.17) is 4.98 Å². The average molecular weight is 435 g/mol. The van der Waals surface area contributed by atoms with E-state index in [2.05, 4.69) is 87.7 Å². The van der Waals surface area contributed by atoms with E-state index in [9.17, 15) is 0 Å². The third kappa shape index (κ3) is 3.10. The molecule has 2 nitrogen and oxygen atoms in total. The lowest BCUT2D eigenvalue weighted by Gasteiger charge is -2.20. The molecule has 2 heteroatoms. The number of fused-ring (bicyclic) bond motifs is 6. The Labute approximate surface area is 197 Å². The first kappa shape index (κ1) is 20.7. The molecule has 1 fully saturated rings. The number of imidazole rings is 1. The van der Waals surface area contributed by atoms with E-state index >= 15 is 0 Å². The van der Waals surface area contributed by atoms with Crippen molar-refractivity contribution in [3.05, 3.63) is 81.9 Å². The van der Waals surface area contributed by atoms with Gasteiger partial charge in [-0.1, -0.05) is 55.8 Å². The summed E-state index contributed by atoms with van der Waals surface area (Å²) in [6.45, 7) is 11.3. The molecule has 0 radical (unpaired) electrons. The molecule has 6 rings (SSSR count). The summed E-state index contributed by atoms with van der Waals surface area (Å²) in [4.78, 5) is 5.37. The van der Waals surface area contributed by atoms with Gasteiger partial charge in [-0.2, -0.15) is 0 Å². The number of nitrogens with zero attached hydrogens (tertiary/aromatic N) is 2. The minimum absolute atomic E-state index is 0.496. The van der Waals surface area contributed by atoms with Crippen LogP contribution in [0, 0.1) is 20.8 Å². The monoisotopic (exact) mass is 434 g/mol. The van der Waals surface area contributed by atoms with Gasteiger partial charge in [0.15, 0.2) is 0 Å². The number of hydrogen-bond donors (Lipinski definition) is 0. The molecule has 1 heterocycles. The number of aryl methyl sites for hydroxylation is 3. The highest BCUT2D eigenvalue weighted by Gasteiger charge is 2.37. The van der Waals surface area contributed by atoms with Gasteiger partial charge in [0.2, 0.25) is 0 Å². The molecule has 2 aliphatic carbocycles. The zero-order valence-electron chi connectivity index (χ0n) is 20.6. The lowest BCUT2D eigenvalue weighted by molar-refractivity contribution is 0.718. The molecule has 1 aromatic heterocycles. The zero-order valence-corrected chi connectivity index (χ0v) is 20.6. The molecule has 0 saturated heterocycles. The summed E-state index contributed by atoms with van der Waals surface area (Å²) in [6.07, 6.45) is 5.17. The van der Waals surface area contributed by atoms with Crippen LogP contribution in [0.3, 0.4) is 0 Å². The van der Waals surface area contributed by atoms with Crippen molar-refractivity contribution in [2.45, 2.75) is 78.1 Å². The Morgan fingerprint density at radius 2 is 1.61 bits per heavy atom. The van der Waals surface area contributed by atoms with Gasteiger partial charge in [-0.15, -0.1) is 0 Å². The van der Waals surface area contributed by atoms with Crippen molar-refractivity contribution in [3.63, 3.8) is 0 Å². The molecule has 33 heavy (non-hydrogen) atoms. The van der Waals surface area contributed by atoms with Crippen LogP contribution in [0.25, 0.3) is 28.1 Å². The summed E-state index contributed by atoms with van der Waals surface area (Å²) in [5, 5.41) is 0. The van der Waals surface area contributed by atoms with Crippen LogP contribution in [0.15, 0.2) is 48.5 Å². The lowest BCUT2D eigenvalue weighted by Crippen LogP contribution is -2.06. The van der Waals surface area contributed by atoms with E-state index in [-0.39, 0.29) is 0 Å². The molecule has 2 aliphatic rings. The van der Waals surface area contributed by atoms with Crippen molar-refractivity contribution in [2.24, 2.45) is 0 Å². The topological polar surface area (TPSA) is 17.8 Å². The highest BCUT2D eigenvalue weighted by Crippen LogP contribution is 2.54. The maximum Gasteiger partial charge on any atom is 0.146 e. The summed E-state index contributed by atoms with van der Waals surface area (Å²) in [5.74, 6) is 3.08. The van der Waals surface area contributed by atoms with Gasteiger partial charge in [0.1, 0.15) is 5.82 Å². The van der Waals surface area contributed by atoms with Crippen LogP contribution in [0.4, 0.5) is 0 Å². The number of benzene rings is 3. The first-order chi connectivity index (χ1) is 16.0. The van der Waals surface area contributed by atoms with Crippen LogP contribution in [-0.4, -0.2) is 9.55 Å². The summed E-state index contributed by atoms with van der Waals surface area (Å²) in [6, 6.07) is 18.5. The van der Waals surface area contributed by atoms with Crippen molar-refractivity contribution in [1.29, 1.82) is 0 Å². The van der Waals surface area contributed by atoms with E-state index in [0.717, 1.165) is 29.6 Å². The smallest absolute Gasteiger partial charge is 0.146 e. The number of aromatic nitrogens is 2. The molecule has 0 aliphatic heterocycles. The van der Waals surface area contributed by atoms with Crippen LogP contribution in [-0.2, 0) is 0 Å². The van der Waals surface area contributed by atoms with Gasteiger partial charge in [-0.25, -0.2) is 4.98 Å². The van der Waals surface area contributed by atoms with Gasteiger partial charge in [0, 0.05) is 5.56 Å². The van der Waals surface area contributed by atoms with E-state index < -0.39 is 0 Å². The van der Waals surface area contributed by atoms with Gasteiger partial charge in [0.05, 0.1) is 16.7 Å². The minimum atomic E-state index is 0.496. The molecule has 3 atom stereocenters. The Hall–Kier alpha value is -2.87. The van der Waals surface area contributed by atoms with Crippen molar-refractivity contribution >= 4 is 11.0 Å². The van der Waals surface area contributed by atoms with Gasteiger partial charge >= 0.3 is 0 Å². The second-order valence-corrected chi connectivity index (χ2v) is 10.6. The van der Waals surface area contributed by atoms with Crippen LogP contribution in [0.1, 0.15) is 90.7 Å². The highest BCUT2D eigenvalue weighted by atomic mass is 15.1. The van der Waals surface area contributed by atoms with Crippen LogP contribution in [0.2, 0.25) is 0 Å². The maximum absolute atomic E-state index is 5.37. The van der Waals surface area contributed by atoms with E-state index in [1.807, 2.05) is 0 Å². The third-order valence-corrected chi connectivity index (χ3v) is 8.38.